The van der Waals surface area contributed by atoms with Crippen LogP contribution in [0.1, 0.15) is 23.7 Å². The molecule has 1 atom stereocenters. The number of Topliss-reactive ketones (excluding diaryl/α,β-unsaturated/α-hetero) is 1. The molecule has 114 valence electrons. The summed E-state index contributed by atoms with van der Waals surface area (Å²) in [6.45, 7) is 3.35. The second kappa shape index (κ2) is 7.93. The monoisotopic (exact) mass is 290 g/mol. The number of carbonyl (C=O) groups is 1. The van der Waals surface area contributed by atoms with Crippen LogP contribution in [0.2, 0.25) is 0 Å². The highest BCUT2D eigenvalue weighted by Gasteiger charge is 2.11. The predicted octanol–water partition coefficient (Wildman–Crippen LogP) is 2.34. The molecule has 0 aliphatic carbocycles. The average Bonchev–Trinajstić information content (AvgIpc) is 2.97. The Labute approximate surface area is 124 Å². The molecule has 2 rings (SSSR count). The van der Waals surface area contributed by atoms with Crippen molar-refractivity contribution < 1.29 is 14.3 Å². The quantitative estimate of drug-likeness (QED) is 0.423. The maximum Gasteiger partial charge on any atom is 0.176 e. The molecule has 5 heteroatoms. The van der Waals surface area contributed by atoms with Crippen molar-refractivity contribution in [2.24, 2.45) is 0 Å². The Morgan fingerprint density at radius 3 is 2.95 bits per heavy atom. The number of H-pyrrole nitrogens is 1. The second-order valence-electron chi connectivity index (χ2n) is 4.84. The standard InChI is InChI=1S/C16H22N2O3/c1-3-16(21-9-8-20-2)18-11-15(19)13-5-4-12-6-7-17-14(12)10-13/h4-7,10,16-18H,3,8-9,11H2,1-2H3. The summed E-state index contributed by atoms with van der Waals surface area (Å²) >= 11 is 0. The van der Waals surface area contributed by atoms with Gasteiger partial charge in [0.2, 0.25) is 0 Å². The summed E-state index contributed by atoms with van der Waals surface area (Å²) in [6, 6.07) is 7.67. The van der Waals surface area contributed by atoms with Gasteiger partial charge in [-0.2, -0.15) is 0 Å². The van der Waals surface area contributed by atoms with Crippen molar-refractivity contribution in [2.45, 2.75) is 19.6 Å². The van der Waals surface area contributed by atoms with E-state index in [-0.39, 0.29) is 18.6 Å². The van der Waals surface area contributed by atoms with E-state index >= 15 is 0 Å². The van der Waals surface area contributed by atoms with E-state index in [4.69, 9.17) is 9.47 Å². The van der Waals surface area contributed by atoms with Crippen LogP contribution in [0.15, 0.2) is 30.5 Å². The van der Waals surface area contributed by atoms with Gasteiger partial charge in [-0.05, 0) is 23.9 Å². The molecule has 0 saturated heterocycles. The number of hydrogen-bond donors (Lipinski definition) is 2. The Kier molecular flexibility index (Phi) is 5.92. The van der Waals surface area contributed by atoms with E-state index in [0.29, 0.717) is 18.8 Å². The highest BCUT2D eigenvalue weighted by atomic mass is 16.5. The van der Waals surface area contributed by atoms with Gasteiger partial charge in [-0.3, -0.25) is 10.1 Å². The maximum absolute atomic E-state index is 12.2. The first-order valence-corrected chi connectivity index (χ1v) is 7.19. The summed E-state index contributed by atoms with van der Waals surface area (Å²) in [5.74, 6) is 0.0558. The Balaban J connectivity index is 1.87. The van der Waals surface area contributed by atoms with Crippen molar-refractivity contribution >= 4 is 16.7 Å². The molecule has 1 aromatic carbocycles. The molecule has 0 bridgehead atoms. The fourth-order valence-electron chi connectivity index (χ4n) is 2.12. The topological polar surface area (TPSA) is 63.4 Å². The average molecular weight is 290 g/mol. The summed E-state index contributed by atoms with van der Waals surface area (Å²) in [7, 11) is 1.64. The SMILES string of the molecule is CCC(NCC(=O)c1ccc2cc[nH]c2c1)OCCOC. The van der Waals surface area contributed by atoms with E-state index < -0.39 is 0 Å². The van der Waals surface area contributed by atoms with Crippen molar-refractivity contribution in [3.8, 4) is 0 Å². The highest BCUT2D eigenvalue weighted by molar-refractivity contribution is 6.00. The number of ether oxygens (including phenoxy) is 2. The molecule has 0 aliphatic heterocycles. The molecule has 0 saturated carbocycles. The molecule has 0 fully saturated rings. The minimum Gasteiger partial charge on any atom is -0.382 e. The third kappa shape index (κ3) is 4.39. The molecule has 5 nitrogen and oxygen atoms in total. The number of carbonyl (C=O) groups excluding carboxylic acids is 1. The minimum atomic E-state index is -0.127. The van der Waals surface area contributed by atoms with E-state index in [1.165, 1.54) is 0 Å². The normalized spacial score (nSPS) is 12.7. The van der Waals surface area contributed by atoms with Crippen LogP contribution in [0.25, 0.3) is 10.9 Å². The van der Waals surface area contributed by atoms with Crippen molar-refractivity contribution in [1.82, 2.24) is 10.3 Å². The lowest BCUT2D eigenvalue weighted by Gasteiger charge is -2.17. The summed E-state index contributed by atoms with van der Waals surface area (Å²) in [5.41, 5.74) is 1.67. The van der Waals surface area contributed by atoms with Gasteiger partial charge >= 0.3 is 0 Å². The smallest absolute Gasteiger partial charge is 0.176 e. The van der Waals surface area contributed by atoms with Gasteiger partial charge in [-0.15, -0.1) is 0 Å². The van der Waals surface area contributed by atoms with Crippen LogP contribution in [0, 0.1) is 0 Å². The van der Waals surface area contributed by atoms with Gasteiger partial charge in [0.1, 0.15) is 6.23 Å². The van der Waals surface area contributed by atoms with Crippen LogP contribution >= 0.6 is 0 Å². The highest BCUT2D eigenvalue weighted by Crippen LogP contribution is 2.14. The number of fused-ring (bicyclic) bond motifs is 1. The van der Waals surface area contributed by atoms with Crippen LogP contribution in [0.5, 0.6) is 0 Å². The van der Waals surface area contributed by atoms with Gasteiger partial charge < -0.3 is 14.5 Å². The lowest BCUT2D eigenvalue weighted by atomic mass is 10.1. The fourth-order valence-corrected chi connectivity index (χ4v) is 2.12. The predicted molar refractivity (Wildman–Crippen MR) is 82.5 cm³/mol. The maximum atomic E-state index is 12.2. The first kappa shape index (κ1) is 15.7. The molecule has 0 amide bonds. The second-order valence-corrected chi connectivity index (χ2v) is 4.84. The van der Waals surface area contributed by atoms with Gasteiger partial charge in [-0.1, -0.05) is 19.1 Å². The van der Waals surface area contributed by atoms with Crippen molar-refractivity contribution in [3.05, 3.63) is 36.0 Å². The van der Waals surface area contributed by atoms with Gasteiger partial charge in [0.15, 0.2) is 5.78 Å². The van der Waals surface area contributed by atoms with Crippen LogP contribution in [-0.4, -0.2) is 43.9 Å². The summed E-state index contributed by atoms with van der Waals surface area (Å²) < 4.78 is 10.5. The Morgan fingerprint density at radius 2 is 2.19 bits per heavy atom. The molecule has 1 heterocycles. The summed E-state index contributed by atoms with van der Waals surface area (Å²) in [5, 5.41) is 4.24. The Morgan fingerprint density at radius 1 is 1.33 bits per heavy atom. The Hall–Kier alpha value is -1.69. The zero-order chi connectivity index (χ0) is 15.1. The molecule has 1 unspecified atom stereocenters. The largest absolute Gasteiger partial charge is 0.382 e. The zero-order valence-corrected chi connectivity index (χ0v) is 12.5. The van der Waals surface area contributed by atoms with Crippen LogP contribution in [-0.2, 0) is 9.47 Å². The van der Waals surface area contributed by atoms with Gasteiger partial charge in [0.05, 0.1) is 19.8 Å². The molecule has 0 aliphatic rings. The zero-order valence-electron chi connectivity index (χ0n) is 12.5. The molecular weight excluding hydrogens is 268 g/mol. The fraction of sp³-hybridized carbons (Fsp3) is 0.438. The van der Waals surface area contributed by atoms with Crippen molar-refractivity contribution in [2.75, 3.05) is 26.9 Å². The molecular formula is C16H22N2O3. The van der Waals surface area contributed by atoms with E-state index in [1.807, 2.05) is 37.4 Å². The number of benzene rings is 1. The number of methoxy groups -OCH3 is 1. The number of aromatic nitrogens is 1. The van der Waals surface area contributed by atoms with E-state index in [1.54, 1.807) is 7.11 Å². The molecule has 2 aromatic rings. The minimum absolute atomic E-state index is 0.0558. The molecule has 1 aromatic heterocycles. The molecule has 2 N–H and O–H groups in total. The number of hydrogen-bond acceptors (Lipinski definition) is 4. The van der Waals surface area contributed by atoms with Crippen molar-refractivity contribution in [1.29, 1.82) is 0 Å². The number of ketones is 1. The van der Waals surface area contributed by atoms with Crippen LogP contribution < -0.4 is 5.32 Å². The molecule has 21 heavy (non-hydrogen) atoms. The Bertz CT molecular complexity index is 580. The van der Waals surface area contributed by atoms with Gasteiger partial charge in [-0.25, -0.2) is 0 Å². The van der Waals surface area contributed by atoms with Crippen molar-refractivity contribution in [3.63, 3.8) is 0 Å². The van der Waals surface area contributed by atoms with Crippen LogP contribution in [0.3, 0.4) is 0 Å². The lowest BCUT2D eigenvalue weighted by molar-refractivity contribution is -0.000925. The third-order valence-corrected chi connectivity index (χ3v) is 3.34. The van der Waals surface area contributed by atoms with Crippen LogP contribution in [0.4, 0.5) is 0 Å². The van der Waals surface area contributed by atoms with E-state index in [2.05, 4.69) is 10.3 Å². The van der Waals surface area contributed by atoms with E-state index in [0.717, 1.165) is 17.3 Å². The first-order chi connectivity index (χ1) is 10.2. The number of rotatable bonds is 9. The van der Waals surface area contributed by atoms with Gasteiger partial charge in [0, 0.05) is 24.4 Å². The number of aromatic amines is 1. The van der Waals surface area contributed by atoms with E-state index in [9.17, 15) is 4.79 Å². The third-order valence-electron chi connectivity index (χ3n) is 3.34. The number of nitrogens with one attached hydrogen (secondary N) is 2. The summed E-state index contributed by atoms with van der Waals surface area (Å²) in [6.07, 6.45) is 2.54. The summed E-state index contributed by atoms with van der Waals surface area (Å²) in [4.78, 5) is 15.3. The lowest BCUT2D eigenvalue weighted by Crippen LogP contribution is -2.36. The molecule has 0 spiro atoms. The van der Waals surface area contributed by atoms with Gasteiger partial charge in [0.25, 0.3) is 0 Å². The first-order valence-electron chi connectivity index (χ1n) is 7.19. The molecule has 0 radical (unpaired) electrons.